The minimum absolute atomic E-state index is 0.403. The van der Waals surface area contributed by atoms with Crippen LogP contribution in [0, 0.1) is 17.2 Å². The lowest BCUT2D eigenvalue weighted by Gasteiger charge is -2.28. The van der Waals surface area contributed by atoms with Crippen molar-refractivity contribution in [2.75, 3.05) is 5.32 Å². The van der Waals surface area contributed by atoms with Crippen LogP contribution in [0.3, 0.4) is 0 Å². The molecule has 2 nitrogen and oxygen atoms in total. The van der Waals surface area contributed by atoms with Crippen LogP contribution >= 0.6 is 11.6 Å². The van der Waals surface area contributed by atoms with Gasteiger partial charge in [0, 0.05) is 10.7 Å². The summed E-state index contributed by atoms with van der Waals surface area (Å²) in [5, 5.41) is 13.6. The zero-order valence-corrected chi connectivity index (χ0v) is 10.8. The van der Waals surface area contributed by atoms with Gasteiger partial charge < -0.3 is 5.32 Å². The third kappa shape index (κ3) is 2.73. The first-order valence-electron chi connectivity index (χ1n) is 6.15. The van der Waals surface area contributed by atoms with Crippen molar-refractivity contribution >= 4 is 17.3 Å². The summed E-state index contributed by atoms with van der Waals surface area (Å²) in [6.07, 6.45) is 4.21. The Morgan fingerprint density at radius 1 is 1.53 bits per heavy atom. The average Bonchev–Trinajstić information content (AvgIpc) is 3.12. The van der Waals surface area contributed by atoms with E-state index in [1.54, 1.807) is 0 Å². The van der Waals surface area contributed by atoms with Gasteiger partial charge in [0.15, 0.2) is 0 Å². The lowest BCUT2D eigenvalue weighted by Crippen LogP contribution is -2.39. The summed E-state index contributed by atoms with van der Waals surface area (Å²) in [4.78, 5) is 0. The molecule has 0 amide bonds. The van der Waals surface area contributed by atoms with Crippen molar-refractivity contribution in [3.63, 3.8) is 0 Å². The Morgan fingerprint density at radius 3 is 2.82 bits per heavy atom. The molecule has 0 radical (unpaired) electrons. The van der Waals surface area contributed by atoms with Crippen LogP contribution in [0.1, 0.15) is 32.6 Å². The predicted molar refractivity (Wildman–Crippen MR) is 71.1 cm³/mol. The van der Waals surface area contributed by atoms with Crippen LogP contribution in [0.4, 0.5) is 5.69 Å². The van der Waals surface area contributed by atoms with E-state index in [1.807, 2.05) is 24.3 Å². The van der Waals surface area contributed by atoms with E-state index in [0.29, 0.717) is 10.9 Å². The zero-order chi connectivity index (χ0) is 12.3. The van der Waals surface area contributed by atoms with Gasteiger partial charge in [0.1, 0.15) is 5.54 Å². The van der Waals surface area contributed by atoms with Crippen molar-refractivity contribution in [2.45, 2.75) is 38.1 Å². The molecule has 1 fully saturated rings. The summed E-state index contributed by atoms with van der Waals surface area (Å²) in [7, 11) is 0. The Morgan fingerprint density at radius 2 is 2.29 bits per heavy atom. The molecule has 90 valence electrons. The first-order chi connectivity index (χ1) is 8.20. The standard InChI is InChI=1S/C14H17ClN2/c1-2-8-14(10-16,11-6-7-11)17-13-5-3-4-12(15)9-13/h3-5,9,11,17H,2,6-8H2,1H3. The third-order valence-electron chi connectivity index (χ3n) is 3.31. The summed E-state index contributed by atoms with van der Waals surface area (Å²) in [5.74, 6) is 0.492. The summed E-state index contributed by atoms with van der Waals surface area (Å²) >= 11 is 5.97. The molecular formula is C14H17ClN2. The summed E-state index contributed by atoms with van der Waals surface area (Å²) in [6, 6.07) is 10.1. The fraction of sp³-hybridized carbons (Fsp3) is 0.500. The van der Waals surface area contributed by atoms with Crippen molar-refractivity contribution in [3.05, 3.63) is 29.3 Å². The number of nitrogens with one attached hydrogen (secondary N) is 1. The van der Waals surface area contributed by atoms with E-state index in [1.165, 1.54) is 0 Å². The van der Waals surface area contributed by atoms with Crippen LogP contribution in [-0.2, 0) is 0 Å². The van der Waals surface area contributed by atoms with E-state index in [4.69, 9.17) is 11.6 Å². The van der Waals surface area contributed by atoms with Crippen LogP contribution in [0.25, 0.3) is 0 Å². The molecule has 0 saturated heterocycles. The Balaban J connectivity index is 2.20. The second-order valence-corrected chi connectivity index (χ2v) is 5.18. The summed E-state index contributed by atoms with van der Waals surface area (Å²) < 4.78 is 0. The smallest absolute Gasteiger partial charge is 0.128 e. The number of nitrogens with zero attached hydrogens (tertiary/aromatic N) is 1. The maximum atomic E-state index is 9.50. The van der Waals surface area contributed by atoms with E-state index in [-0.39, 0.29) is 0 Å². The van der Waals surface area contributed by atoms with Crippen molar-refractivity contribution in [1.82, 2.24) is 0 Å². The number of nitriles is 1. The largest absolute Gasteiger partial charge is 0.367 e. The average molecular weight is 249 g/mol. The molecule has 0 aliphatic heterocycles. The van der Waals surface area contributed by atoms with Crippen molar-refractivity contribution < 1.29 is 0 Å². The lowest BCUT2D eigenvalue weighted by atomic mass is 9.89. The molecule has 1 N–H and O–H groups in total. The quantitative estimate of drug-likeness (QED) is 0.847. The van der Waals surface area contributed by atoms with Crippen LogP contribution in [-0.4, -0.2) is 5.54 Å². The molecule has 0 aromatic heterocycles. The fourth-order valence-electron chi connectivity index (χ4n) is 2.34. The number of hydrogen-bond donors (Lipinski definition) is 1. The van der Waals surface area contributed by atoms with Crippen molar-refractivity contribution in [1.29, 1.82) is 5.26 Å². The van der Waals surface area contributed by atoms with Gasteiger partial charge in [-0.3, -0.25) is 0 Å². The molecule has 2 rings (SSSR count). The van der Waals surface area contributed by atoms with E-state index < -0.39 is 5.54 Å². The highest BCUT2D eigenvalue weighted by Crippen LogP contribution is 2.43. The first-order valence-corrected chi connectivity index (χ1v) is 6.53. The molecule has 1 aliphatic rings. The molecule has 1 atom stereocenters. The highest BCUT2D eigenvalue weighted by atomic mass is 35.5. The molecule has 1 aromatic carbocycles. The monoisotopic (exact) mass is 248 g/mol. The van der Waals surface area contributed by atoms with Crippen LogP contribution in [0.2, 0.25) is 5.02 Å². The number of halogens is 1. The molecule has 0 spiro atoms. The van der Waals surface area contributed by atoms with E-state index >= 15 is 0 Å². The Bertz CT molecular complexity index is 434. The normalized spacial score (nSPS) is 18.2. The molecule has 3 heteroatoms. The Hall–Kier alpha value is -1.20. The highest BCUT2D eigenvalue weighted by molar-refractivity contribution is 6.30. The SMILES string of the molecule is CCCC(C#N)(Nc1cccc(Cl)c1)C1CC1. The van der Waals surface area contributed by atoms with Gasteiger partial charge in [-0.25, -0.2) is 0 Å². The number of anilines is 1. The van der Waals surface area contributed by atoms with Crippen LogP contribution < -0.4 is 5.32 Å². The molecule has 1 unspecified atom stereocenters. The second kappa shape index (κ2) is 4.98. The number of hydrogen-bond acceptors (Lipinski definition) is 2. The van der Waals surface area contributed by atoms with Crippen LogP contribution in [0.5, 0.6) is 0 Å². The molecular weight excluding hydrogens is 232 g/mol. The maximum absolute atomic E-state index is 9.50. The van der Waals surface area contributed by atoms with Gasteiger partial charge in [0.05, 0.1) is 6.07 Å². The van der Waals surface area contributed by atoms with Crippen LogP contribution in [0.15, 0.2) is 24.3 Å². The predicted octanol–water partition coefficient (Wildman–Crippen LogP) is 4.22. The zero-order valence-electron chi connectivity index (χ0n) is 10.0. The maximum Gasteiger partial charge on any atom is 0.128 e. The van der Waals surface area contributed by atoms with Gasteiger partial charge in [-0.1, -0.05) is 31.0 Å². The lowest BCUT2D eigenvalue weighted by molar-refractivity contribution is 0.472. The van der Waals surface area contributed by atoms with Gasteiger partial charge in [0.25, 0.3) is 0 Å². The van der Waals surface area contributed by atoms with Gasteiger partial charge in [0.2, 0.25) is 0 Å². The summed E-state index contributed by atoms with van der Waals surface area (Å²) in [6.45, 7) is 2.12. The second-order valence-electron chi connectivity index (χ2n) is 4.74. The summed E-state index contributed by atoms with van der Waals surface area (Å²) in [5.41, 5.74) is 0.541. The van der Waals surface area contributed by atoms with E-state index in [2.05, 4.69) is 18.3 Å². The number of rotatable bonds is 5. The molecule has 17 heavy (non-hydrogen) atoms. The fourth-order valence-corrected chi connectivity index (χ4v) is 2.53. The topological polar surface area (TPSA) is 35.8 Å². The molecule has 1 aromatic rings. The minimum Gasteiger partial charge on any atom is -0.367 e. The minimum atomic E-state index is -0.403. The van der Waals surface area contributed by atoms with Gasteiger partial charge in [-0.2, -0.15) is 5.26 Å². The van der Waals surface area contributed by atoms with Crippen molar-refractivity contribution in [2.24, 2.45) is 5.92 Å². The third-order valence-corrected chi connectivity index (χ3v) is 3.55. The Labute approximate surface area is 108 Å². The first kappa shape index (κ1) is 12.3. The molecule has 0 heterocycles. The molecule has 1 saturated carbocycles. The van der Waals surface area contributed by atoms with Gasteiger partial charge in [-0.15, -0.1) is 0 Å². The van der Waals surface area contributed by atoms with Crippen molar-refractivity contribution in [3.8, 4) is 6.07 Å². The molecule has 0 bridgehead atoms. The highest BCUT2D eigenvalue weighted by Gasteiger charge is 2.45. The van der Waals surface area contributed by atoms with Gasteiger partial charge in [-0.05, 0) is 43.4 Å². The van der Waals surface area contributed by atoms with E-state index in [0.717, 1.165) is 31.4 Å². The Kier molecular flexibility index (Phi) is 3.59. The number of benzene rings is 1. The van der Waals surface area contributed by atoms with E-state index in [9.17, 15) is 5.26 Å². The van der Waals surface area contributed by atoms with Gasteiger partial charge >= 0.3 is 0 Å². The molecule has 1 aliphatic carbocycles.